The third-order valence-electron chi connectivity index (χ3n) is 6.90. The lowest BCUT2D eigenvalue weighted by Crippen LogP contribution is -2.33. The first-order chi connectivity index (χ1) is 17.6. The Morgan fingerprint density at radius 1 is 1.11 bits per heavy atom. The Hall–Kier alpha value is -3.87. The summed E-state index contributed by atoms with van der Waals surface area (Å²) in [5.74, 6) is -0.254. The maximum Gasteiger partial charge on any atom is 0.308 e. The van der Waals surface area contributed by atoms with Gasteiger partial charge in [0.1, 0.15) is 0 Å². The molecule has 0 spiro atoms. The second-order valence-electron chi connectivity index (χ2n) is 9.25. The quantitative estimate of drug-likeness (QED) is 0.311. The Labute approximate surface area is 210 Å². The largest absolute Gasteiger partial charge is 0.466 e. The number of hydrogen-bond donors (Lipinski definition) is 0. The highest BCUT2D eigenvalue weighted by Gasteiger charge is 2.37. The van der Waals surface area contributed by atoms with Crippen LogP contribution in [-0.2, 0) is 20.7 Å². The van der Waals surface area contributed by atoms with Crippen LogP contribution in [-0.4, -0.2) is 44.9 Å². The lowest BCUT2D eigenvalue weighted by molar-refractivity contribution is -0.145. The fourth-order valence-corrected chi connectivity index (χ4v) is 5.06. The lowest BCUT2D eigenvalue weighted by atomic mass is 9.99. The highest BCUT2D eigenvalue weighted by atomic mass is 16.5. The number of esters is 1. The van der Waals surface area contributed by atoms with Crippen LogP contribution in [0.25, 0.3) is 21.9 Å². The number of fused-ring (bicyclic) bond motifs is 2. The standard InChI is InChI=1S/C29H30N4O3/c1-2-36-27(34)18-26(23-17-22-7-3-4-11-25(22)31-19-23)33-16-14-21(29(33)35)8-5-10-24-13-12-20-9-6-15-30-28(20)32-24/h3-4,6-7,9,11-13,15,17,19,21,26H,2,5,8,10,14,16,18H2,1H3. The van der Waals surface area contributed by atoms with Crippen LogP contribution >= 0.6 is 0 Å². The van der Waals surface area contributed by atoms with Gasteiger partial charge in [0.2, 0.25) is 5.91 Å². The number of pyridine rings is 3. The van der Waals surface area contributed by atoms with Crippen LogP contribution in [0.15, 0.2) is 67.0 Å². The first-order valence-electron chi connectivity index (χ1n) is 12.6. The van der Waals surface area contributed by atoms with Gasteiger partial charge in [-0.25, -0.2) is 9.97 Å². The predicted octanol–water partition coefficient (Wildman–Crippen LogP) is 5.04. The van der Waals surface area contributed by atoms with Crippen LogP contribution in [0.2, 0.25) is 0 Å². The minimum Gasteiger partial charge on any atom is -0.466 e. The van der Waals surface area contributed by atoms with Crippen LogP contribution in [0.3, 0.4) is 0 Å². The number of likely N-dealkylation sites (tertiary alicyclic amines) is 1. The van der Waals surface area contributed by atoms with Gasteiger partial charge in [-0.2, -0.15) is 0 Å². The van der Waals surface area contributed by atoms with Gasteiger partial charge in [0.25, 0.3) is 0 Å². The van der Waals surface area contributed by atoms with Gasteiger partial charge in [-0.3, -0.25) is 14.6 Å². The Morgan fingerprint density at radius 2 is 1.97 bits per heavy atom. The first-order valence-corrected chi connectivity index (χ1v) is 12.6. The molecule has 0 N–H and O–H groups in total. The van der Waals surface area contributed by atoms with Crippen molar-refractivity contribution in [3.63, 3.8) is 0 Å². The number of nitrogens with zero attached hydrogens (tertiary/aromatic N) is 4. The second kappa shape index (κ2) is 10.8. The predicted molar refractivity (Wildman–Crippen MR) is 138 cm³/mol. The van der Waals surface area contributed by atoms with E-state index in [2.05, 4.69) is 15.0 Å². The number of carbonyl (C=O) groups is 2. The fourth-order valence-electron chi connectivity index (χ4n) is 5.06. The number of ether oxygens (including phenoxy) is 1. The number of hydrogen-bond acceptors (Lipinski definition) is 6. The third kappa shape index (κ3) is 5.20. The smallest absolute Gasteiger partial charge is 0.308 e. The SMILES string of the molecule is CCOC(=O)CC(c1cnc2ccccc2c1)N1CCC(CCCc2ccc3cccnc3n2)C1=O. The highest BCUT2D eigenvalue weighted by Crippen LogP contribution is 2.34. The van der Waals surface area contributed by atoms with Gasteiger partial charge in [-0.15, -0.1) is 0 Å². The van der Waals surface area contributed by atoms with E-state index in [1.807, 2.05) is 59.5 Å². The minimum atomic E-state index is -0.383. The zero-order valence-electron chi connectivity index (χ0n) is 20.5. The van der Waals surface area contributed by atoms with Crippen molar-refractivity contribution >= 4 is 33.8 Å². The zero-order chi connectivity index (χ0) is 24.9. The summed E-state index contributed by atoms with van der Waals surface area (Å²) in [4.78, 5) is 41.3. The molecule has 1 amide bonds. The summed E-state index contributed by atoms with van der Waals surface area (Å²) in [6.45, 7) is 2.73. The molecule has 36 heavy (non-hydrogen) atoms. The molecule has 1 saturated heterocycles. The molecule has 1 fully saturated rings. The third-order valence-corrected chi connectivity index (χ3v) is 6.90. The normalized spacial score (nSPS) is 16.5. The van der Waals surface area contributed by atoms with E-state index in [0.717, 1.165) is 58.9 Å². The van der Waals surface area contributed by atoms with Gasteiger partial charge in [-0.1, -0.05) is 18.2 Å². The van der Waals surface area contributed by atoms with E-state index in [4.69, 9.17) is 4.74 Å². The summed E-state index contributed by atoms with van der Waals surface area (Å²) in [5.41, 5.74) is 3.50. The zero-order valence-corrected chi connectivity index (χ0v) is 20.5. The molecular formula is C29H30N4O3. The molecule has 4 aromatic rings. The number of benzene rings is 1. The average molecular weight is 483 g/mol. The molecule has 7 heteroatoms. The molecule has 2 atom stereocenters. The van der Waals surface area contributed by atoms with Gasteiger partial charge in [-0.05, 0) is 74.6 Å². The molecule has 5 rings (SSSR count). The monoisotopic (exact) mass is 482 g/mol. The summed E-state index contributed by atoms with van der Waals surface area (Å²) in [6.07, 6.45) is 6.91. The molecule has 0 bridgehead atoms. The lowest BCUT2D eigenvalue weighted by Gasteiger charge is -2.28. The highest BCUT2D eigenvalue weighted by molar-refractivity contribution is 5.83. The molecule has 2 unspecified atom stereocenters. The fraction of sp³-hybridized carbons (Fsp3) is 0.345. The first kappa shape index (κ1) is 23.9. The van der Waals surface area contributed by atoms with Gasteiger partial charge < -0.3 is 9.64 Å². The number of aryl methyl sites for hydroxylation is 1. The number of amides is 1. The van der Waals surface area contributed by atoms with E-state index >= 15 is 0 Å². The van der Waals surface area contributed by atoms with Gasteiger partial charge in [0, 0.05) is 41.3 Å². The van der Waals surface area contributed by atoms with E-state index in [1.54, 1.807) is 19.3 Å². The maximum absolute atomic E-state index is 13.5. The molecule has 7 nitrogen and oxygen atoms in total. The van der Waals surface area contributed by atoms with Crippen molar-refractivity contribution in [1.29, 1.82) is 0 Å². The molecule has 0 aliphatic carbocycles. The van der Waals surface area contributed by atoms with E-state index in [1.165, 1.54) is 0 Å². The number of rotatable bonds is 9. The molecule has 1 aromatic carbocycles. The van der Waals surface area contributed by atoms with Crippen LogP contribution in [0.4, 0.5) is 0 Å². The molecular weight excluding hydrogens is 452 g/mol. The Balaban J connectivity index is 1.28. The van der Waals surface area contributed by atoms with Crippen molar-refractivity contribution < 1.29 is 14.3 Å². The maximum atomic E-state index is 13.5. The van der Waals surface area contributed by atoms with E-state index in [-0.39, 0.29) is 30.3 Å². The van der Waals surface area contributed by atoms with Crippen LogP contribution in [0, 0.1) is 5.92 Å². The second-order valence-corrected chi connectivity index (χ2v) is 9.25. The summed E-state index contributed by atoms with van der Waals surface area (Å²) in [6, 6.07) is 17.5. The van der Waals surface area contributed by atoms with Crippen LogP contribution < -0.4 is 0 Å². The van der Waals surface area contributed by atoms with Gasteiger partial charge >= 0.3 is 5.97 Å². The van der Waals surface area contributed by atoms with Crippen molar-refractivity contribution in [1.82, 2.24) is 19.9 Å². The summed E-state index contributed by atoms with van der Waals surface area (Å²) in [7, 11) is 0. The number of para-hydroxylation sites is 1. The van der Waals surface area contributed by atoms with Crippen molar-refractivity contribution in [3.05, 3.63) is 78.2 Å². The molecule has 1 aliphatic rings. The topological polar surface area (TPSA) is 85.3 Å². The summed E-state index contributed by atoms with van der Waals surface area (Å²) in [5, 5.41) is 2.02. The van der Waals surface area contributed by atoms with Crippen molar-refractivity contribution in [3.8, 4) is 0 Å². The molecule has 0 radical (unpaired) electrons. The summed E-state index contributed by atoms with van der Waals surface area (Å²) < 4.78 is 5.24. The molecule has 0 saturated carbocycles. The molecule has 3 aromatic heterocycles. The van der Waals surface area contributed by atoms with Crippen molar-refractivity contribution in [2.75, 3.05) is 13.2 Å². The Morgan fingerprint density at radius 3 is 2.86 bits per heavy atom. The van der Waals surface area contributed by atoms with Gasteiger partial charge in [0.05, 0.1) is 24.6 Å². The Bertz CT molecular complexity index is 1390. The summed E-state index contributed by atoms with van der Waals surface area (Å²) >= 11 is 0. The van der Waals surface area contributed by atoms with E-state index in [0.29, 0.717) is 13.2 Å². The molecule has 4 heterocycles. The molecule has 1 aliphatic heterocycles. The van der Waals surface area contributed by atoms with Crippen molar-refractivity contribution in [2.45, 2.75) is 45.1 Å². The Kier molecular flexibility index (Phi) is 7.16. The van der Waals surface area contributed by atoms with Crippen LogP contribution in [0.5, 0.6) is 0 Å². The molecule has 184 valence electrons. The van der Waals surface area contributed by atoms with E-state index < -0.39 is 0 Å². The van der Waals surface area contributed by atoms with Crippen LogP contribution in [0.1, 0.15) is 49.9 Å². The van der Waals surface area contributed by atoms with E-state index in [9.17, 15) is 9.59 Å². The van der Waals surface area contributed by atoms with Gasteiger partial charge in [0.15, 0.2) is 5.65 Å². The van der Waals surface area contributed by atoms with Crippen molar-refractivity contribution in [2.24, 2.45) is 5.92 Å². The minimum absolute atomic E-state index is 0.0540. The average Bonchev–Trinajstić information content (AvgIpc) is 3.27. The number of aromatic nitrogens is 3. The number of carbonyl (C=O) groups excluding carboxylic acids is 2.